The second-order valence-corrected chi connectivity index (χ2v) is 9.32. The minimum absolute atomic E-state index is 0.118. The fourth-order valence-corrected chi connectivity index (χ4v) is 5.52. The largest absolute Gasteiger partial charge is 0.365 e. The highest BCUT2D eigenvalue weighted by atomic mass is 16.6. The molecule has 1 aliphatic rings. The van der Waals surface area contributed by atoms with Crippen LogP contribution in [0.2, 0.25) is 0 Å². The zero-order valence-corrected chi connectivity index (χ0v) is 20.3. The third kappa shape index (κ3) is 3.96. The molecule has 0 saturated heterocycles. The van der Waals surface area contributed by atoms with E-state index in [0.717, 1.165) is 46.6 Å². The van der Waals surface area contributed by atoms with E-state index in [1.165, 1.54) is 0 Å². The topological polar surface area (TPSA) is 64.2 Å². The van der Waals surface area contributed by atoms with E-state index in [4.69, 9.17) is 4.98 Å². The van der Waals surface area contributed by atoms with Gasteiger partial charge in [-0.15, -0.1) is 0 Å². The summed E-state index contributed by atoms with van der Waals surface area (Å²) in [5.41, 5.74) is 5.88. The molecule has 0 amide bonds. The maximum atomic E-state index is 11.4. The first kappa shape index (κ1) is 22.7. The number of hydrogen-bond acceptors (Lipinski definition) is 4. The number of aromatic nitrogens is 2. The maximum Gasteiger partial charge on any atom is 0.271 e. The number of anilines is 1. The van der Waals surface area contributed by atoms with Gasteiger partial charge in [0.25, 0.3) is 5.69 Å². The Morgan fingerprint density at radius 3 is 1.92 bits per heavy atom. The van der Waals surface area contributed by atoms with Gasteiger partial charge in [0, 0.05) is 30.6 Å². The van der Waals surface area contributed by atoms with Crippen LogP contribution in [-0.4, -0.2) is 21.0 Å². The number of hydrogen-bond donors (Lipinski definition) is 0. The molecule has 0 atom stereocenters. The molecule has 6 heteroatoms. The maximum absolute atomic E-state index is 11.4. The highest BCUT2D eigenvalue weighted by Gasteiger charge is 2.38. The van der Waals surface area contributed by atoms with E-state index in [1.807, 2.05) is 30.6 Å². The smallest absolute Gasteiger partial charge is 0.271 e. The van der Waals surface area contributed by atoms with Crippen molar-refractivity contribution < 1.29 is 4.92 Å². The van der Waals surface area contributed by atoms with Crippen molar-refractivity contribution in [1.82, 2.24) is 9.55 Å². The van der Waals surface area contributed by atoms with Crippen LogP contribution in [0.15, 0.2) is 122 Å². The lowest BCUT2D eigenvalue weighted by atomic mass is 9.77. The zero-order chi connectivity index (χ0) is 25.2. The molecule has 4 aromatic carbocycles. The summed E-state index contributed by atoms with van der Waals surface area (Å²) in [7, 11) is 0. The van der Waals surface area contributed by atoms with E-state index in [1.54, 1.807) is 12.1 Å². The normalized spacial score (nSPS) is 12.9. The first-order valence-electron chi connectivity index (χ1n) is 12.4. The molecule has 0 radical (unpaired) electrons. The van der Waals surface area contributed by atoms with Crippen molar-refractivity contribution in [3.8, 4) is 0 Å². The van der Waals surface area contributed by atoms with Crippen molar-refractivity contribution in [2.75, 3.05) is 11.4 Å². The predicted molar refractivity (Wildman–Crippen MR) is 145 cm³/mol. The zero-order valence-electron chi connectivity index (χ0n) is 20.3. The molecule has 1 aromatic heterocycles. The Bertz CT molecular complexity index is 1440. The molecule has 0 fully saturated rings. The van der Waals surface area contributed by atoms with E-state index < -0.39 is 5.54 Å². The van der Waals surface area contributed by atoms with Gasteiger partial charge in [0.05, 0.1) is 23.5 Å². The van der Waals surface area contributed by atoms with Crippen LogP contribution in [0.1, 0.15) is 27.9 Å². The third-order valence-electron chi connectivity index (χ3n) is 7.22. The fraction of sp³-hybridized carbons (Fsp3) is 0.129. The number of nitrogens with zero attached hydrogens (tertiary/aromatic N) is 4. The summed E-state index contributed by atoms with van der Waals surface area (Å²) in [6.07, 6.45) is 4.89. The van der Waals surface area contributed by atoms with Crippen LogP contribution in [-0.2, 0) is 18.5 Å². The molecule has 182 valence electrons. The van der Waals surface area contributed by atoms with Crippen LogP contribution < -0.4 is 4.90 Å². The van der Waals surface area contributed by atoms with Crippen molar-refractivity contribution in [3.05, 3.63) is 160 Å². The van der Waals surface area contributed by atoms with Gasteiger partial charge in [-0.1, -0.05) is 97.1 Å². The SMILES string of the molecule is O=[N+]([O-])c1ccc2c(c1)N(Cc1cn(C(c3ccccc3)(c3ccccc3)c3ccccc3)cn1)CC2. The molecule has 0 unspecified atom stereocenters. The van der Waals surface area contributed by atoms with Gasteiger partial charge < -0.3 is 9.47 Å². The summed E-state index contributed by atoms with van der Waals surface area (Å²) in [4.78, 5) is 18.0. The highest BCUT2D eigenvalue weighted by Crippen LogP contribution is 2.41. The Kier molecular flexibility index (Phi) is 5.77. The van der Waals surface area contributed by atoms with Gasteiger partial charge in [0.15, 0.2) is 0 Å². The molecule has 37 heavy (non-hydrogen) atoms. The van der Waals surface area contributed by atoms with E-state index in [2.05, 4.69) is 88.5 Å². The minimum atomic E-state index is -0.614. The van der Waals surface area contributed by atoms with Crippen LogP contribution in [0.5, 0.6) is 0 Å². The summed E-state index contributed by atoms with van der Waals surface area (Å²) < 4.78 is 2.20. The average Bonchev–Trinajstić information content (AvgIpc) is 3.58. The summed E-state index contributed by atoms with van der Waals surface area (Å²) in [5.74, 6) is 0. The third-order valence-corrected chi connectivity index (χ3v) is 7.22. The van der Waals surface area contributed by atoms with Crippen molar-refractivity contribution >= 4 is 11.4 Å². The molecular weight excluding hydrogens is 460 g/mol. The van der Waals surface area contributed by atoms with Gasteiger partial charge in [0.1, 0.15) is 5.54 Å². The van der Waals surface area contributed by atoms with Gasteiger partial charge in [-0.3, -0.25) is 10.1 Å². The molecule has 1 aliphatic heterocycles. The Hall–Kier alpha value is -4.71. The predicted octanol–water partition coefficient (Wildman–Crippen LogP) is 6.19. The average molecular weight is 487 g/mol. The number of non-ortho nitro benzene ring substituents is 1. The minimum Gasteiger partial charge on any atom is -0.365 e. The Morgan fingerprint density at radius 2 is 1.38 bits per heavy atom. The molecule has 0 spiro atoms. The second-order valence-electron chi connectivity index (χ2n) is 9.32. The van der Waals surface area contributed by atoms with E-state index >= 15 is 0 Å². The van der Waals surface area contributed by atoms with Crippen LogP contribution in [0.25, 0.3) is 0 Å². The quantitative estimate of drug-likeness (QED) is 0.156. The molecule has 5 aromatic rings. The molecule has 0 bridgehead atoms. The highest BCUT2D eigenvalue weighted by molar-refractivity contribution is 5.62. The Balaban J connectivity index is 1.46. The number of nitro benzene ring substituents is 1. The molecular formula is C31H26N4O2. The Labute approximate surface area is 215 Å². The van der Waals surface area contributed by atoms with Crippen LogP contribution in [0, 0.1) is 10.1 Å². The molecule has 6 rings (SSSR count). The molecule has 0 saturated carbocycles. The van der Waals surface area contributed by atoms with Crippen molar-refractivity contribution in [3.63, 3.8) is 0 Å². The van der Waals surface area contributed by atoms with Gasteiger partial charge >= 0.3 is 0 Å². The molecule has 6 nitrogen and oxygen atoms in total. The van der Waals surface area contributed by atoms with E-state index in [0.29, 0.717) is 6.54 Å². The first-order chi connectivity index (χ1) is 18.2. The lowest BCUT2D eigenvalue weighted by molar-refractivity contribution is -0.384. The standard InChI is InChI=1S/C31H26N4O2/c36-35(37)29-17-16-24-18-19-33(30(24)20-29)21-28-22-34(23-32-28)31(25-10-4-1-5-11-25,26-12-6-2-7-13-26)27-14-8-3-9-15-27/h1-17,20,22-23H,18-19,21H2. The lowest BCUT2D eigenvalue weighted by Gasteiger charge is -2.37. The lowest BCUT2D eigenvalue weighted by Crippen LogP contribution is -2.37. The van der Waals surface area contributed by atoms with Crippen molar-refractivity contribution in [1.29, 1.82) is 0 Å². The summed E-state index contributed by atoms with van der Waals surface area (Å²) in [6.45, 7) is 1.39. The van der Waals surface area contributed by atoms with Gasteiger partial charge in [0.2, 0.25) is 0 Å². The number of benzene rings is 4. The van der Waals surface area contributed by atoms with E-state index in [-0.39, 0.29) is 10.6 Å². The van der Waals surface area contributed by atoms with Crippen LogP contribution in [0.3, 0.4) is 0 Å². The molecule has 2 heterocycles. The second kappa shape index (κ2) is 9.39. The monoisotopic (exact) mass is 486 g/mol. The van der Waals surface area contributed by atoms with Crippen LogP contribution >= 0.6 is 0 Å². The first-order valence-corrected chi connectivity index (χ1v) is 12.4. The number of rotatable bonds is 7. The number of nitro groups is 1. The number of fused-ring (bicyclic) bond motifs is 1. The summed E-state index contributed by atoms with van der Waals surface area (Å²) >= 11 is 0. The van der Waals surface area contributed by atoms with Crippen LogP contribution in [0.4, 0.5) is 11.4 Å². The van der Waals surface area contributed by atoms with Crippen molar-refractivity contribution in [2.24, 2.45) is 0 Å². The van der Waals surface area contributed by atoms with Crippen molar-refractivity contribution in [2.45, 2.75) is 18.5 Å². The van der Waals surface area contributed by atoms with E-state index in [9.17, 15) is 10.1 Å². The molecule has 0 aliphatic carbocycles. The van der Waals surface area contributed by atoms with Gasteiger partial charge in [-0.2, -0.15) is 0 Å². The summed E-state index contributed by atoms with van der Waals surface area (Å²) in [6, 6.07) is 36.6. The van der Waals surface area contributed by atoms with Gasteiger partial charge in [-0.25, -0.2) is 4.98 Å². The van der Waals surface area contributed by atoms with Gasteiger partial charge in [-0.05, 0) is 28.7 Å². The summed E-state index contributed by atoms with van der Waals surface area (Å²) in [5, 5.41) is 11.4. The molecule has 0 N–H and O–H groups in total. The fourth-order valence-electron chi connectivity index (χ4n) is 5.52. The number of imidazole rings is 1. The Morgan fingerprint density at radius 1 is 0.811 bits per heavy atom.